The molecule has 106 valence electrons. The third kappa shape index (κ3) is 2.11. The Balaban J connectivity index is 1.55. The summed E-state index contributed by atoms with van der Waals surface area (Å²) >= 11 is 0. The van der Waals surface area contributed by atoms with E-state index in [0.29, 0.717) is 0 Å². The van der Waals surface area contributed by atoms with Crippen LogP contribution in [0.5, 0.6) is 0 Å². The monoisotopic (exact) mass is 280 g/mol. The van der Waals surface area contributed by atoms with Crippen LogP contribution in [0.3, 0.4) is 0 Å². The van der Waals surface area contributed by atoms with E-state index in [1.165, 1.54) is 0 Å². The van der Waals surface area contributed by atoms with E-state index < -0.39 is 0 Å². The molecule has 0 bridgehead atoms. The number of aromatic amines is 1. The highest BCUT2D eigenvalue weighted by molar-refractivity contribution is 5.98. The highest BCUT2D eigenvalue weighted by atomic mass is 16.2. The minimum atomic E-state index is 0.0983. The lowest BCUT2D eigenvalue weighted by atomic mass is 10.1. The van der Waals surface area contributed by atoms with Crippen molar-refractivity contribution in [2.24, 2.45) is 0 Å². The van der Waals surface area contributed by atoms with E-state index in [-0.39, 0.29) is 11.9 Å². The van der Waals surface area contributed by atoms with Crippen LogP contribution in [0.2, 0.25) is 0 Å². The molecule has 0 saturated carbocycles. The Labute approximate surface area is 122 Å². The largest absolute Gasteiger partial charge is 0.361 e. The van der Waals surface area contributed by atoms with Crippen molar-refractivity contribution >= 4 is 16.8 Å². The summed E-state index contributed by atoms with van der Waals surface area (Å²) in [5.41, 5.74) is 1.75. The molecule has 4 rings (SSSR count). The van der Waals surface area contributed by atoms with E-state index in [1.807, 2.05) is 52.3 Å². The number of rotatable bonds is 2. The molecule has 1 aromatic carbocycles. The highest BCUT2D eigenvalue weighted by Crippen LogP contribution is 2.23. The number of carbonyl (C=O) groups excluding carboxylic acids is 1. The zero-order valence-corrected chi connectivity index (χ0v) is 11.6. The molecule has 0 radical (unpaired) electrons. The summed E-state index contributed by atoms with van der Waals surface area (Å²) < 4.78 is 1.95. The molecular formula is C16H16N4O. The number of fused-ring (bicyclic) bond motifs is 1. The number of nitrogens with one attached hydrogen (secondary N) is 1. The summed E-state index contributed by atoms with van der Waals surface area (Å²) in [4.78, 5) is 17.7. The van der Waals surface area contributed by atoms with Gasteiger partial charge in [-0.1, -0.05) is 6.07 Å². The number of amides is 1. The van der Waals surface area contributed by atoms with E-state index in [9.17, 15) is 4.79 Å². The molecule has 2 aromatic heterocycles. The van der Waals surface area contributed by atoms with Crippen molar-refractivity contribution < 1.29 is 4.79 Å². The van der Waals surface area contributed by atoms with Gasteiger partial charge in [0.25, 0.3) is 5.91 Å². The molecule has 1 N–H and O–H groups in total. The second-order valence-electron chi connectivity index (χ2n) is 5.46. The molecule has 5 nitrogen and oxygen atoms in total. The number of nitrogens with zero attached hydrogens (tertiary/aromatic N) is 3. The van der Waals surface area contributed by atoms with E-state index in [0.717, 1.165) is 36.0 Å². The second-order valence-corrected chi connectivity index (χ2v) is 5.46. The Morgan fingerprint density at radius 2 is 2.29 bits per heavy atom. The molecule has 1 aliphatic rings. The molecule has 0 aliphatic carbocycles. The van der Waals surface area contributed by atoms with Crippen LogP contribution in [0, 0.1) is 0 Å². The molecule has 3 heterocycles. The predicted molar refractivity (Wildman–Crippen MR) is 80.1 cm³/mol. The quantitative estimate of drug-likeness (QED) is 0.784. The molecule has 1 fully saturated rings. The topological polar surface area (TPSA) is 53.9 Å². The van der Waals surface area contributed by atoms with Crippen LogP contribution in [0.15, 0.2) is 48.9 Å². The van der Waals surface area contributed by atoms with Gasteiger partial charge in [-0.3, -0.25) is 9.48 Å². The zero-order chi connectivity index (χ0) is 14.2. The summed E-state index contributed by atoms with van der Waals surface area (Å²) in [7, 11) is 0. The third-order valence-corrected chi connectivity index (χ3v) is 4.15. The van der Waals surface area contributed by atoms with Gasteiger partial charge in [-0.2, -0.15) is 5.10 Å². The standard InChI is InChI=1S/C16H16N4O/c21-16(13-3-2-12-4-7-17-15(12)10-13)19-9-5-14(11-19)20-8-1-6-18-20/h1-4,6-8,10,14,17H,5,9,11H2. The summed E-state index contributed by atoms with van der Waals surface area (Å²) in [6, 6.07) is 10.0. The number of likely N-dealkylation sites (tertiary alicyclic amines) is 1. The summed E-state index contributed by atoms with van der Waals surface area (Å²) in [5.74, 6) is 0.0983. The van der Waals surface area contributed by atoms with Crippen LogP contribution in [0.25, 0.3) is 10.9 Å². The van der Waals surface area contributed by atoms with Gasteiger partial charge < -0.3 is 9.88 Å². The second kappa shape index (κ2) is 4.77. The number of aromatic nitrogens is 3. The molecule has 3 aromatic rings. The Morgan fingerprint density at radius 1 is 1.33 bits per heavy atom. The van der Waals surface area contributed by atoms with Crippen LogP contribution >= 0.6 is 0 Å². The maximum absolute atomic E-state index is 12.6. The Bertz CT molecular complexity index is 775. The minimum Gasteiger partial charge on any atom is -0.361 e. The van der Waals surface area contributed by atoms with Crippen LogP contribution in [-0.2, 0) is 0 Å². The van der Waals surface area contributed by atoms with Gasteiger partial charge in [0.1, 0.15) is 0 Å². The number of carbonyl (C=O) groups is 1. The molecule has 5 heteroatoms. The van der Waals surface area contributed by atoms with Crippen molar-refractivity contribution in [3.05, 3.63) is 54.5 Å². The van der Waals surface area contributed by atoms with Gasteiger partial charge in [-0.05, 0) is 36.1 Å². The molecule has 1 amide bonds. The van der Waals surface area contributed by atoms with E-state index in [2.05, 4.69) is 10.1 Å². The molecular weight excluding hydrogens is 264 g/mol. The first-order chi connectivity index (χ1) is 10.3. The predicted octanol–water partition coefficient (Wildman–Crippen LogP) is 2.45. The Hall–Kier alpha value is -2.56. The number of H-pyrrole nitrogens is 1. The SMILES string of the molecule is O=C(c1ccc2cc[nH]c2c1)N1CCC(n2cccn2)C1. The molecule has 1 aliphatic heterocycles. The van der Waals surface area contributed by atoms with E-state index in [4.69, 9.17) is 0 Å². The highest BCUT2D eigenvalue weighted by Gasteiger charge is 2.28. The fraction of sp³-hybridized carbons (Fsp3) is 0.250. The first-order valence-electron chi connectivity index (χ1n) is 7.17. The summed E-state index contributed by atoms with van der Waals surface area (Å²) in [6.45, 7) is 1.51. The van der Waals surface area contributed by atoms with E-state index >= 15 is 0 Å². The average molecular weight is 280 g/mol. The Kier molecular flexibility index (Phi) is 2.77. The number of hydrogen-bond acceptors (Lipinski definition) is 2. The van der Waals surface area contributed by atoms with Crippen molar-refractivity contribution in [2.75, 3.05) is 13.1 Å². The van der Waals surface area contributed by atoms with Crippen LogP contribution in [0.1, 0.15) is 22.8 Å². The first kappa shape index (κ1) is 12.2. The maximum Gasteiger partial charge on any atom is 0.254 e. The molecule has 1 atom stereocenters. The van der Waals surface area contributed by atoms with Gasteiger partial charge in [0.2, 0.25) is 0 Å². The molecule has 1 saturated heterocycles. The first-order valence-corrected chi connectivity index (χ1v) is 7.17. The van der Waals surface area contributed by atoms with Crippen LogP contribution in [-0.4, -0.2) is 38.7 Å². The van der Waals surface area contributed by atoms with Crippen LogP contribution < -0.4 is 0 Å². The third-order valence-electron chi connectivity index (χ3n) is 4.15. The van der Waals surface area contributed by atoms with Crippen LogP contribution in [0.4, 0.5) is 0 Å². The van der Waals surface area contributed by atoms with Gasteiger partial charge in [0, 0.05) is 42.8 Å². The average Bonchev–Trinajstić information content (AvgIpc) is 3.24. The molecule has 0 spiro atoms. The maximum atomic E-state index is 12.6. The van der Waals surface area contributed by atoms with Gasteiger partial charge >= 0.3 is 0 Å². The lowest BCUT2D eigenvalue weighted by molar-refractivity contribution is 0.0787. The van der Waals surface area contributed by atoms with Gasteiger partial charge in [-0.25, -0.2) is 0 Å². The number of benzene rings is 1. The normalized spacial score (nSPS) is 18.5. The van der Waals surface area contributed by atoms with Crippen molar-refractivity contribution in [2.45, 2.75) is 12.5 Å². The molecule has 1 unspecified atom stereocenters. The lowest BCUT2D eigenvalue weighted by Gasteiger charge is -2.16. The summed E-state index contributed by atoms with van der Waals surface area (Å²) in [5, 5.41) is 5.40. The minimum absolute atomic E-state index is 0.0983. The lowest BCUT2D eigenvalue weighted by Crippen LogP contribution is -2.29. The van der Waals surface area contributed by atoms with Gasteiger partial charge in [-0.15, -0.1) is 0 Å². The van der Waals surface area contributed by atoms with Gasteiger partial charge in [0.05, 0.1) is 6.04 Å². The van der Waals surface area contributed by atoms with Crippen molar-refractivity contribution in [3.8, 4) is 0 Å². The smallest absolute Gasteiger partial charge is 0.254 e. The summed E-state index contributed by atoms with van der Waals surface area (Å²) in [6.07, 6.45) is 6.59. The van der Waals surface area contributed by atoms with Crippen molar-refractivity contribution in [1.82, 2.24) is 19.7 Å². The fourth-order valence-corrected chi connectivity index (χ4v) is 3.00. The fourth-order valence-electron chi connectivity index (χ4n) is 3.00. The van der Waals surface area contributed by atoms with Crippen molar-refractivity contribution in [1.29, 1.82) is 0 Å². The molecule has 21 heavy (non-hydrogen) atoms. The van der Waals surface area contributed by atoms with Gasteiger partial charge in [0.15, 0.2) is 0 Å². The number of hydrogen-bond donors (Lipinski definition) is 1. The van der Waals surface area contributed by atoms with E-state index in [1.54, 1.807) is 6.20 Å². The Morgan fingerprint density at radius 3 is 3.14 bits per heavy atom. The zero-order valence-electron chi connectivity index (χ0n) is 11.6. The van der Waals surface area contributed by atoms with Crippen molar-refractivity contribution in [3.63, 3.8) is 0 Å².